The molecular formula is C6H8N2O3. The highest BCUT2D eigenvalue weighted by atomic mass is 16.9. The van der Waals surface area contributed by atoms with Gasteiger partial charge in [-0.2, -0.15) is 0 Å². The van der Waals surface area contributed by atoms with Crippen LogP contribution in [0.25, 0.3) is 0 Å². The minimum absolute atomic E-state index is 1.29. The van der Waals surface area contributed by atoms with E-state index in [4.69, 9.17) is 15.3 Å². The fraction of sp³-hybridized carbons (Fsp3) is 0.167. The zero-order valence-electron chi connectivity index (χ0n) is 5.98. The Kier molecular flexibility index (Phi) is 4.39. The van der Waals surface area contributed by atoms with E-state index < -0.39 is 5.09 Å². The van der Waals surface area contributed by atoms with Crippen molar-refractivity contribution in [1.82, 2.24) is 0 Å². The summed E-state index contributed by atoms with van der Waals surface area (Å²) in [6.07, 6.45) is 3.82. The van der Waals surface area contributed by atoms with Crippen molar-refractivity contribution >= 4 is 0 Å². The second kappa shape index (κ2) is 5.16. The van der Waals surface area contributed by atoms with Crippen molar-refractivity contribution in [2.45, 2.75) is 6.92 Å². The van der Waals surface area contributed by atoms with Crippen molar-refractivity contribution in [2.75, 3.05) is 0 Å². The molecule has 0 aliphatic rings. The molecule has 1 rings (SSSR count). The number of hydrogen-bond donors (Lipinski definition) is 0. The topological polar surface area (TPSA) is 80.3 Å². The molecule has 0 unspecified atom stereocenters. The largest absolute Gasteiger partial charge is 0.356 e. The van der Waals surface area contributed by atoms with Gasteiger partial charge in [0.1, 0.15) is 0 Å². The van der Waals surface area contributed by atoms with E-state index in [0.717, 1.165) is 0 Å². The van der Waals surface area contributed by atoms with Crippen molar-refractivity contribution in [2.24, 2.45) is 0 Å². The van der Waals surface area contributed by atoms with Gasteiger partial charge in [-0.1, -0.05) is 0 Å². The quantitative estimate of drug-likeness (QED) is 0.406. The molecule has 1 aromatic rings. The third-order valence-corrected chi connectivity index (χ3v) is 0.885. The molecular weight excluding hydrogens is 148 g/mol. The highest BCUT2D eigenvalue weighted by Gasteiger charge is 1.78. The zero-order valence-corrected chi connectivity index (χ0v) is 5.98. The maximum atomic E-state index is 8.25. The van der Waals surface area contributed by atoms with Crippen LogP contribution in [0.5, 0.6) is 0 Å². The van der Waals surface area contributed by atoms with E-state index >= 15 is 0 Å². The first-order valence-corrected chi connectivity index (χ1v) is 2.87. The number of rotatable bonds is 0. The number of nitrogens with one attached hydrogen (secondary N) is 1. The average Bonchev–Trinajstić information content (AvgIpc) is 1.87. The van der Waals surface area contributed by atoms with Gasteiger partial charge in [-0.15, -0.1) is 0 Å². The van der Waals surface area contributed by atoms with Crippen LogP contribution in [0.3, 0.4) is 0 Å². The van der Waals surface area contributed by atoms with E-state index in [1.807, 2.05) is 24.5 Å². The van der Waals surface area contributed by atoms with Crippen LogP contribution < -0.4 is 4.98 Å². The van der Waals surface area contributed by atoms with E-state index in [0.29, 0.717) is 0 Å². The number of aromatic amines is 1. The number of nitrogens with zero attached hydrogens (tertiary/aromatic N) is 1. The molecule has 0 fully saturated rings. The van der Waals surface area contributed by atoms with Crippen LogP contribution >= 0.6 is 0 Å². The summed E-state index contributed by atoms with van der Waals surface area (Å²) in [5, 5.41) is 14.8. The summed E-state index contributed by atoms with van der Waals surface area (Å²) >= 11 is 0. The van der Waals surface area contributed by atoms with Gasteiger partial charge in [0.25, 0.3) is 0 Å². The van der Waals surface area contributed by atoms with Gasteiger partial charge in [0.2, 0.25) is 0 Å². The van der Waals surface area contributed by atoms with Crippen molar-refractivity contribution in [3.63, 3.8) is 0 Å². The van der Waals surface area contributed by atoms with Gasteiger partial charge in [-0.3, -0.25) is 0 Å². The molecule has 0 spiro atoms. The molecule has 0 amide bonds. The average molecular weight is 156 g/mol. The molecule has 0 radical (unpaired) electrons. The predicted octanol–water partition coefficient (Wildman–Crippen LogP) is 0.570. The molecule has 0 atom stereocenters. The van der Waals surface area contributed by atoms with E-state index in [9.17, 15) is 0 Å². The minimum Gasteiger partial charge on any atom is -0.356 e. The first-order chi connectivity index (χ1) is 5.13. The van der Waals surface area contributed by atoms with Gasteiger partial charge in [0, 0.05) is 12.1 Å². The van der Waals surface area contributed by atoms with Crippen molar-refractivity contribution in [3.05, 3.63) is 45.4 Å². The lowest BCUT2D eigenvalue weighted by Crippen LogP contribution is -1.95. The lowest BCUT2D eigenvalue weighted by molar-refractivity contribution is -0.402. The maximum Gasteiger partial charge on any atom is 0.167 e. The molecule has 5 heteroatoms. The Morgan fingerprint density at radius 3 is 1.91 bits per heavy atom. The Balaban J connectivity index is 0.000000218. The Morgan fingerprint density at radius 2 is 1.73 bits per heavy atom. The fourth-order valence-electron chi connectivity index (χ4n) is 0.470. The number of aromatic nitrogens is 1. The molecule has 11 heavy (non-hydrogen) atoms. The summed E-state index contributed by atoms with van der Waals surface area (Å²) in [6, 6.07) is 4.06. The van der Waals surface area contributed by atoms with Gasteiger partial charge in [-0.05, 0) is 12.5 Å². The van der Waals surface area contributed by atoms with Crippen LogP contribution in [-0.4, -0.2) is 5.09 Å². The molecule has 0 aromatic carbocycles. The van der Waals surface area contributed by atoms with E-state index in [1.165, 1.54) is 5.56 Å². The Labute approximate surface area is 63.4 Å². The second-order valence-electron chi connectivity index (χ2n) is 1.80. The van der Waals surface area contributed by atoms with Gasteiger partial charge < -0.3 is 15.3 Å². The van der Waals surface area contributed by atoms with Crippen LogP contribution in [0.15, 0.2) is 24.5 Å². The highest BCUT2D eigenvalue weighted by molar-refractivity contribution is 5.02. The summed E-state index contributed by atoms with van der Waals surface area (Å²) in [7, 11) is 0. The SMILES string of the molecule is Cc1cc[nH+]cc1.O=[N+]([O-])[O-]. The number of hydrogen-bond acceptors (Lipinski definition) is 3. The van der Waals surface area contributed by atoms with Gasteiger partial charge in [0.15, 0.2) is 12.4 Å². The molecule has 1 heterocycles. The summed E-state index contributed by atoms with van der Waals surface area (Å²) < 4.78 is 0. The standard InChI is InChI=1S/C6H7N.NO3/c1-6-2-4-7-5-3-6;2-1(3)4/h2-5H,1H3;/q;-1/p+1. The molecule has 0 aliphatic carbocycles. The minimum atomic E-state index is -1.75. The smallest absolute Gasteiger partial charge is 0.167 e. The zero-order chi connectivity index (χ0) is 8.69. The van der Waals surface area contributed by atoms with Crippen molar-refractivity contribution < 1.29 is 10.1 Å². The van der Waals surface area contributed by atoms with Crippen molar-refractivity contribution in [3.8, 4) is 0 Å². The fourth-order valence-corrected chi connectivity index (χ4v) is 0.470. The van der Waals surface area contributed by atoms with Crippen LogP contribution in [-0.2, 0) is 0 Å². The molecule has 0 aliphatic heterocycles. The molecule has 0 bridgehead atoms. The first-order valence-electron chi connectivity index (χ1n) is 2.87. The van der Waals surface area contributed by atoms with Gasteiger partial charge in [-0.25, -0.2) is 4.98 Å². The summed E-state index contributed by atoms with van der Waals surface area (Å²) in [5.74, 6) is 0. The molecule has 0 saturated carbocycles. The lowest BCUT2D eigenvalue weighted by Gasteiger charge is -1.77. The molecule has 60 valence electrons. The molecule has 0 saturated heterocycles. The second-order valence-corrected chi connectivity index (χ2v) is 1.80. The summed E-state index contributed by atoms with van der Waals surface area (Å²) in [6.45, 7) is 2.06. The summed E-state index contributed by atoms with van der Waals surface area (Å²) in [5.41, 5.74) is 1.29. The maximum absolute atomic E-state index is 8.25. The third kappa shape index (κ3) is 8.35. The van der Waals surface area contributed by atoms with Crippen molar-refractivity contribution in [1.29, 1.82) is 0 Å². The molecule has 5 nitrogen and oxygen atoms in total. The van der Waals surface area contributed by atoms with Gasteiger partial charge >= 0.3 is 0 Å². The number of H-pyrrole nitrogens is 1. The van der Waals surface area contributed by atoms with E-state index in [2.05, 4.69) is 11.9 Å². The van der Waals surface area contributed by atoms with E-state index in [-0.39, 0.29) is 0 Å². The first kappa shape index (κ1) is 9.35. The third-order valence-electron chi connectivity index (χ3n) is 0.885. The lowest BCUT2D eigenvalue weighted by atomic mass is 10.3. The van der Waals surface area contributed by atoms with E-state index in [1.54, 1.807) is 0 Å². The molecule has 1 N–H and O–H groups in total. The van der Waals surface area contributed by atoms with Crippen LogP contribution in [0, 0.1) is 22.2 Å². The number of aryl methyl sites for hydroxylation is 1. The monoisotopic (exact) mass is 156 g/mol. The Morgan fingerprint density at radius 1 is 1.36 bits per heavy atom. The Hall–Kier alpha value is -1.65. The number of pyridine rings is 1. The van der Waals surface area contributed by atoms with Crippen LogP contribution in [0.1, 0.15) is 5.56 Å². The predicted molar refractivity (Wildman–Crippen MR) is 38.1 cm³/mol. The highest BCUT2D eigenvalue weighted by Crippen LogP contribution is 1.86. The van der Waals surface area contributed by atoms with Crippen LogP contribution in [0.2, 0.25) is 0 Å². The Bertz CT molecular complexity index is 208. The van der Waals surface area contributed by atoms with Gasteiger partial charge in [0.05, 0.1) is 5.09 Å². The normalized spacial score (nSPS) is 7.73. The molecule has 1 aromatic heterocycles. The van der Waals surface area contributed by atoms with Crippen LogP contribution in [0.4, 0.5) is 0 Å². The summed E-state index contributed by atoms with van der Waals surface area (Å²) in [4.78, 5) is 11.2.